The van der Waals surface area contributed by atoms with E-state index >= 15 is 0 Å². The van der Waals surface area contributed by atoms with Gasteiger partial charge in [-0.3, -0.25) is 8.74 Å². The Morgan fingerprint density at radius 1 is 1.40 bits per heavy atom. The molecule has 0 aromatic rings. The van der Waals surface area contributed by atoms with Crippen LogP contribution in [0.2, 0.25) is 0 Å². The van der Waals surface area contributed by atoms with Gasteiger partial charge in [0.1, 0.15) is 0 Å². The normalized spacial score (nSPS) is 12.9. The zero-order valence-electron chi connectivity index (χ0n) is 9.77. The van der Waals surface area contributed by atoms with Crippen LogP contribution in [-0.2, 0) is 14.6 Å². The SMILES string of the molecule is CCCCC(CC)CN.COS(=O)(=O)O. The van der Waals surface area contributed by atoms with Crippen LogP contribution in [0.3, 0.4) is 0 Å². The average molecular weight is 241 g/mol. The van der Waals surface area contributed by atoms with Crippen molar-refractivity contribution in [3.8, 4) is 0 Å². The summed E-state index contributed by atoms with van der Waals surface area (Å²) < 4.78 is 29.7. The highest BCUT2D eigenvalue weighted by atomic mass is 32.3. The third kappa shape index (κ3) is 16.5. The largest absolute Gasteiger partial charge is 0.397 e. The van der Waals surface area contributed by atoms with Crippen LogP contribution in [0.15, 0.2) is 0 Å². The van der Waals surface area contributed by atoms with Crippen LogP contribution in [0.4, 0.5) is 0 Å². The Bertz CT molecular complexity index is 212. The third-order valence-electron chi connectivity index (χ3n) is 2.09. The summed E-state index contributed by atoms with van der Waals surface area (Å²) in [4.78, 5) is 0. The molecular formula is C9H23NO4S. The molecule has 0 aliphatic rings. The Hall–Kier alpha value is -0.170. The topological polar surface area (TPSA) is 89.6 Å². The summed E-state index contributed by atoms with van der Waals surface area (Å²) in [5, 5.41) is 0. The van der Waals surface area contributed by atoms with E-state index in [-0.39, 0.29) is 0 Å². The standard InChI is InChI=1S/C8H19N.CH4O4S/c1-3-5-6-8(4-2)7-9;1-5-6(2,3)4/h8H,3-7,9H2,1-2H3;1H3,(H,2,3,4). The van der Waals surface area contributed by atoms with Crippen LogP contribution in [0.1, 0.15) is 39.5 Å². The van der Waals surface area contributed by atoms with E-state index in [0.29, 0.717) is 0 Å². The number of rotatable bonds is 6. The van der Waals surface area contributed by atoms with Gasteiger partial charge in [0.25, 0.3) is 0 Å². The Kier molecular flexibility index (Phi) is 11.9. The molecule has 0 saturated carbocycles. The first-order valence-corrected chi connectivity index (χ1v) is 6.50. The van der Waals surface area contributed by atoms with Crippen molar-refractivity contribution in [2.24, 2.45) is 11.7 Å². The van der Waals surface area contributed by atoms with Crippen molar-refractivity contribution in [1.29, 1.82) is 0 Å². The minimum Gasteiger partial charge on any atom is -0.330 e. The predicted octanol–water partition coefficient (Wildman–Crippen LogP) is 1.60. The number of hydrogen-bond donors (Lipinski definition) is 2. The van der Waals surface area contributed by atoms with Gasteiger partial charge in [0, 0.05) is 0 Å². The van der Waals surface area contributed by atoms with E-state index in [1.54, 1.807) is 0 Å². The zero-order valence-corrected chi connectivity index (χ0v) is 10.6. The highest BCUT2D eigenvalue weighted by molar-refractivity contribution is 7.80. The number of hydrogen-bond acceptors (Lipinski definition) is 4. The number of unbranched alkanes of at least 4 members (excludes halogenated alkanes) is 1. The van der Waals surface area contributed by atoms with Crippen molar-refractivity contribution in [2.45, 2.75) is 39.5 Å². The third-order valence-corrected chi connectivity index (χ3v) is 2.51. The number of nitrogens with two attached hydrogens (primary N) is 1. The molecule has 3 N–H and O–H groups in total. The fraction of sp³-hybridized carbons (Fsp3) is 1.00. The van der Waals surface area contributed by atoms with Crippen molar-refractivity contribution >= 4 is 10.4 Å². The molecule has 1 atom stereocenters. The van der Waals surface area contributed by atoms with Gasteiger partial charge < -0.3 is 5.73 Å². The molecule has 0 fully saturated rings. The van der Waals surface area contributed by atoms with Crippen LogP contribution < -0.4 is 5.73 Å². The van der Waals surface area contributed by atoms with Gasteiger partial charge in [0.2, 0.25) is 0 Å². The molecule has 5 nitrogen and oxygen atoms in total. The predicted molar refractivity (Wildman–Crippen MR) is 60.9 cm³/mol. The molecule has 0 bridgehead atoms. The maximum Gasteiger partial charge on any atom is 0.397 e. The quantitative estimate of drug-likeness (QED) is 0.689. The van der Waals surface area contributed by atoms with Gasteiger partial charge in [0.15, 0.2) is 0 Å². The Morgan fingerprint density at radius 3 is 2.07 bits per heavy atom. The van der Waals surface area contributed by atoms with E-state index in [4.69, 9.17) is 10.3 Å². The summed E-state index contributed by atoms with van der Waals surface area (Å²) in [5.74, 6) is 0.782. The summed E-state index contributed by atoms with van der Waals surface area (Å²) in [6.07, 6.45) is 5.21. The lowest BCUT2D eigenvalue weighted by atomic mass is 10.00. The van der Waals surface area contributed by atoms with Crippen LogP contribution in [-0.4, -0.2) is 26.6 Å². The van der Waals surface area contributed by atoms with Gasteiger partial charge in [-0.2, -0.15) is 8.42 Å². The van der Waals surface area contributed by atoms with Gasteiger partial charge in [-0.15, -0.1) is 0 Å². The molecule has 94 valence electrons. The lowest BCUT2D eigenvalue weighted by Gasteiger charge is -2.09. The summed E-state index contributed by atoms with van der Waals surface area (Å²) in [7, 11) is -3.29. The smallest absolute Gasteiger partial charge is 0.330 e. The molecule has 0 aliphatic carbocycles. The molecule has 15 heavy (non-hydrogen) atoms. The Balaban J connectivity index is 0. The second kappa shape index (κ2) is 10.4. The van der Waals surface area contributed by atoms with Crippen molar-refractivity contribution in [3.63, 3.8) is 0 Å². The summed E-state index contributed by atoms with van der Waals surface area (Å²) in [6, 6.07) is 0. The molecule has 0 aliphatic heterocycles. The van der Waals surface area contributed by atoms with E-state index < -0.39 is 10.4 Å². The summed E-state index contributed by atoms with van der Waals surface area (Å²) in [6.45, 7) is 5.31. The molecule has 0 radical (unpaired) electrons. The molecule has 0 saturated heterocycles. The molecule has 0 spiro atoms. The minimum absolute atomic E-state index is 0.782. The van der Waals surface area contributed by atoms with Crippen molar-refractivity contribution in [2.75, 3.05) is 13.7 Å². The van der Waals surface area contributed by atoms with Gasteiger partial charge in [-0.05, 0) is 18.9 Å². The fourth-order valence-electron chi connectivity index (χ4n) is 0.981. The van der Waals surface area contributed by atoms with Crippen molar-refractivity contribution in [3.05, 3.63) is 0 Å². The fourth-order valence-corrected chi connectivity index (χ4v) is 0.981. The molecule has 0 amide bonds. The molecule has 0 heterocycles. The highest BCUT2D eigenvalue weighted by Crippen LogP contribution is 2.09. The van der Waals surface area contributed by atoms with Crippen LogP contribution >= 0.6 is 0 Å². The molecule has 0 aromatic carbocycles. The lowest BCUT2D eigenvalue weighted by molar-refractivity contribution is 0.324. The van der Waals surface area contributed by atoms with Crippen LogP contribution in [0, 0.1) is 5.92 Å². The van der Waals surface area contributed by atoms with Gasteiger partial charge >= 0.3 is 10.4 Å². The first-order chi connectivity index (χ1) is 6.91. The summed E-state index contributed by atoms with van der Waals surface area (Å²) >= 11 is 0. The van der Waals surface area contributed by atoms with Crippen LogP contribution in [0.5, 0.6) is 0 Å². The second-order valence-corrected chi connectivity index (χ2v) is 4.44. The average Bonchev–Trinajstić information content (AvgIpc) is 2.19. The molecule has 0 rings (SSSR count). The van der Waals surface area contributed by atoms with Crippen molar-refractivity contribution < 1.29 is 17.2 Å². The maximum absolute atomic E-state index is 9.33. The van der Waals surface area contributed by atoms with E-state index in [0.717, 1.165) is 19.6 Å². The lowest BCUT2D eigenvalue weighted by Crippen LogP contribution is -2.12. The van der Waals surface area contributed by atoms with Crippen molar-refractivity contribution in [1.82, 2.24) is 0 Å². The van der Waals surface area contributed by atoms with E-state index in [9.17, 15) is 8.42 Å². The second-order valence-electron chi connectivity index (χ2n) is 3.25. The monoisotopic (exact) mass is 241 g/mol. The first kappa shape index (κ1) is 17.2. The van der Waals surface area contributed by atoms with Gasteiger partial charge in [0.05, 0.1) is 7.11 Å². The highest BCUT2D eigenvalue weighted by Gasteiger charge is 2.00. The zero-order chi connectivity index (χ0) is 12.3. The Labute approximate surface area is 93.0 Å². The minimum atomic E-state index is -4.16. The molecule has 6 heteroatoms. The van der Waals surface area contributed by atoms with E-state index in [2.05, 4.69) is 18.0 Å². The van der Waals surface area contributed by atoms with Gasteiger partial charge in [-0.25, -0.2) is 0 Å². The van der Waals surface area contributed by atoms with Gasteiger partial charge in [-0.1, -0.05) is 33.1 Å². The Morgan fingerprint density at radius 2 is 1.87 bits per heavy atom. The molecular weight excluding hydrogens is 218 g/mol. The van der Waals surface area contributed by atoms with E-state index in [1.807, 2.05) is 0 Å². The first-order valence-electron chi connectivity index (χ1n) is 5.14. The molecule has 1 unspecified atom stereocenters. The molecule has 0 aromatic heterocycles. The van der Waals surface area contributed by atoms with E-state index in [1.165, 1.54) is 25.7 Å². The van der Waals surface area contributed by atoms with Crippen LogP contribution in [0.25, 0.3) is 0 Å². The summed E-state index contributed by atoms with van der Waals surface area (Å²) in [5.41, 5.74) is 5.52. The maximum atomic E-state index is 9.33.